The summed E-state index contributed by atoms with van der Waals surface area (Å²) >= 11 is 0. The van der Waals surface area contributed by atoms with Gasteiger partial charge in [0, 0.05) is 45.0 Å². The van der Waals surface area contributed by atoms with Crippen LogP contribution in [0.4, 0.5) is 10.6 Å². The number of carbonyl (C=O) groups excluding carboxylic acids is 1. The van der Waals surface area contributed by atoms with Crippen molar-refractivity contribution in [2.75, 3.05) is 44.8 Å². The lowest BCUT2D eigenvalue weighted by atomic mass is 10.2. The summed E-state index contributed by atoms with van der Waals surface area (Å²) in [4.78, 5) is 20.3. The van der Waals surface area contributed by atoms with Crippen molar-refractivity contribution in [2.45, 2.75) is 13.5 Å². The van der Waals surface area contributed by atoms with Gasteiger partial charge in [-0.15, -0.1) is 0 Å². The van der Waals surface area contributed by atoms with Gasteiger partial charge in [-0.3, -0.25) is 0 Å². The standard InChI is InChI=1S/C16H23N5O2/c1-13(10-17)12-20(2)16(22)19-11-14-4-3-5-18-15(14)21-6-8-23-9-7-21/h3-5,13H,6-9,11-12H2,1-2H3,(H,19,22). The highest BCUT2D eigenvalue weighted by molar-refractivity contribution is 5.74. The molecule has 1 fully saturated rings. The van der Waals surface area contributed by atoms with Crippen LogP contribution in [0.2, 0.25) is 0 Å². The third-order valence-electron chi connectivity index (χ3n) is 3.72. The Balaban J connectivity index is 1.95. The molecule has 0 aliphatic carbocycles. The van der Waals surface area contributed by atoms with Gasteiger partial charge in [0.15, 0.2) is 0 Å². The van der Waals surface area contributed by atoms with Crippen LogP contribution in [0.5, 0.6) is 0 Å². The van der Waals surface area contributed by atoms with Crippen LogP contribution < -0.4 is 10.2 Å². The number of nitrogens with zero attached hydrogens (tertiary/aromatic N) is 4. The fourth-order valence-electron chi connectivity index (χ4n) is 2.47. The molecule has 1 aromatic heterocycles. The van der Waals surface area contributed by atoms with Gasteiger partial charge in [0.2, 0.25) is 0 Å². The number of nitrogens with one attached hydrogen (secondary N) is 1. The highest BCUT2D eigenvalue weighted by Gasteiger charge is 2.17. The Labute approximate surface area is 136 Å². The Bertz CT molecular complexity index is 566. The van der Waals surface area contributed by atoms with Crippen LogP contribution in [0, 0.1) is 17.2 Å². The van der Waals surface area contributed by atoms with Crippen LogP contribution >= 0.6 is 0 Å². The second-order valence-corrected chi connectivity index (χ2v) is 5.65. The average molecular weight is 317 g/mol. The maximum Gasteiger partial charge on any atom is 0.317 e. The Morgan fingerprint density at radius 2 is 2.30 bits per heavy atom. The van der Waals surface area contributed by atoms with Crippen LogP contribution in [0.15, 0.2) is 18.3 Å². The van der Waals surface area contributed by atoms with E-state index in [2.05, 4.69) is 21.3 Å². The number of morpholine rings is 1. The van der Waals surface area contributed by atoms with E-state index in [0.717, 1.165) is 24.5 Å². The molecule has 7 heteroatoms. The Kier molecular flexibility index (Phi) is 6.18. The van der Waals surface area contributed by atoms with Gasteiger partial charge >= 0.3 is 6.03 Å². The summed E-state index contributed by atoms with van der Waals surface area (Å²) in [5, 5.41) is 11.7. The molecule has 1 saturated heterocycles. The number of urea groups is 1. The molecule has 1 aliphatic heterocycles. The lowest BCUT2D eigenvalue weighted by Crippen LogP contribution is -2.40. The largest absolute Gasteiger partial charge is 0.378 e. The maximum atomic E-state index is 12.1. The number of rotatable bonds is 5. The molecular weight excluding hydrogens is 294 g/mol. The molecule has 2 amide bonds. The van der Waals surface area contributed by atoms with Gasteiger partial charge in [-0.25, -0.2) is 9.78 Å². The minimum absolute atomic E-state index is 0.187. The molecular formula is C16H23N5O2. The first-order valence-electron chi connectivity index (χ1n) is 7.77. The SMILES string of the molecule is CC(C#N)CN(C)C(=O)NCc1cccnc1N1CCOCC1. The predicted molar refractivity (Wildman–Crippen MR) is 86.9 cm³/mol. The van der Waals surface area contributed by atoms with Crippen molar-refractivity contribution in [2.24, 2.45) is 5.92 Å². The van der Waals surface area contributed by atoms with E-state index in [1.807, 2.05) is 12.1 Å². The molecule has 0 bridgehead atoms. The van der Waals surface area contributed by atoms with Gasteiger partial charge in [0.25, 0.3) is 0 Å². The molecule has 124 valence electrons. The van der Waals surface area contributed by atoms with E-state index in [-0.39, 0.29) is 11.9 Å². The Morgan fingerprint density at radius 1 is 1.57 bits per heavy atom. The van der Waals surface area contributed by atoms with Gasteiger partial charge < -0.3 is 19.9 Å². The zero-order valence-electron chi connectivity index (χ0n) is 13.7. The van der Waals surface area contributed by atoms with Gasteiger partial charge in [-0.05, 0) is 13.0 Å². The summed E-state index contributed by atoms with van der Waals surface area (Å²) in [6.45, 7) is 5.60. The molecule has 1 atom stereocenters. The van der Waals surface area contributed by atoms with Crippen molar-refractivity contribution in [1.29, 1.82) is 5.26 Å². The number of anilines is 1. The molecule has 1 N–H and O–H groups in total. The first-order chi connectivity index (χ1) is 11.1. The summed E-state index contributed by atoms with van der Waals surface area (Å²) < 4.78 is 5.37. The molecule has 2 heterocycles. The number of pyridine rings is 1. The maximum absolute atomic E-state index is 12.1. The second-order valence-electron chi connectivity index (χ2n) is 5.65. The minimum atomic E-state index is -0.191. The summed E-state index contributed by atoms with van der Waals surface area (Å²) in [6.07, 6.45) is 1.76. The van der Waals surface area contributed by atoms with Crippen LogP contribution in [-0.4, -0.2) is 55.8 Å². The zero-order valence-corrected chi connectivity index (χ0v) is 13.7. The normalized spacial score (nSPS) is 15.6. The van der Waals surface area contributed by atoms with Gasteiger partial charge in [-0.1, -0.05) is 6.07 Å². The Hall–Kier alpha value is -2.33. The van der Waals surface area contributed by atoms with Crippen molar-refractivity contribution in [1.82, 2.24) is 15.2 Å². The molecule has 1 aliphatic rings. The highest BCUT2D eigenvalue weighted by Crippen LogP contribution is 2.18. The number of ether oxygens (including phenoxy) is 1. The molecule has 1 unspecified atom stereocenters. The van der Waals surface area contributed by atoms with Gasteiger partial charge in [0.1, 0.15) is 5.82 Å². The van der Waals surface area contributed by atoms with Crippen molar-refractivity contribution in [3.8, 4) is 6.07 Å². The van der Waals surface area contributed by atoms with E-state index in [1.54, 1.807) is 20.2 Å². The predicted octanol–water partition coefficient (Wildman–Crippen LogP) is 1.22. The average Bonchev–Trinajstić information content (AvgIpc) is 2.60. The van der Waals surface area contributed by atoms with Crippen LogP contribution in [-0.2, 0) is 11.3 Å². The van der Waals surface area contributed by atoms with Gasteiger partial charge in [0.05, 0.1) is 25.2 Å². The van der Waals surface area contributed by atoms with E-state index < -0.39 is 0 Å². The molecule has 23 heavy (non-hydrogen) atoms. The molecule has 7 nitrogen and oxygen atoms in total. The van der Waals surface area contributed by atoms with Crippen molar-refractivity contribution < 1.29 is 9.53 Å². The van der Waals surface area contributed by atoms with E-state index >= 15 is 0 Å². The topological polar surface area (TPSA) is 81.5 Å². The van der Waals surface area contributed by atoms with Crippen LogP contribution in [0.3, 0.4) is 0 Å². The minimum Gasteiger partial charge on any atom is -0.378 e. The van der Waals surface area contributed by atoms with E-state index in [1.165, 1.54) is 4.90 Å². The van der Waals surface area contributed by atoms with Crippen LogP contribution in [0.25, 0.3) is 0 Å². The fourth-order valence-corrected chi connectivity index (χ4v) is 2.47. The fraction of sp³-hybridized carbons (Fsp3) is 0.562. The highest BCUT2D eigenvalue weighted by atomic mass is 16.5. The summed E-state index contributed by atoms with van der Waals surface area (Å²) in [7, 11) is 1.69. The number of hydrogen-bond donors (Lipinski definition) is 1. The molecule has 2 rings (SSSR count). The van der Waals surface area contributed by atoms with E-state index in [0.29, 0.717) is 26.3 Å². The molecule has 0 radical (unpaired) electrons. The van der Waals surface area contributed by atoms with Crippen LogP contribution in [0.1, 0.15) is 12.5 Å². The monoisotopic (exact) mass is 317 g/mol. The first-order valence-corrected chi connectivity index (χ1v) is 7.77. The summed E-state index contributed by atoms with van der Waals surface area (Å²) in [6, 6.07) is 5.77. The summed E-state index contributed by atoms with van der Waals surface area (Å²) in [5.74, 6) is 0.706. The van der Waals surface area contributed by atoms with Crippen molar-refractivity contribution >= 4 is 11.8 Å². The molecule has 1 aromatic rings. The quantitative estimate of drug-likeness (QED) is 0.883. The van der Waals surface area contributed by atoms with Crippen molar-refractivity contribution in [3.63, 3.8) is 0 Å². The third-order valence-corrected chi connectivity index (χ3v) is 3.72. The van der Waals surface area contributed by atoms with E-state index in [9.17, 15) is 4.79 Å². The number of aromatic nitrogens is 1. The lowest BCUT2D eigenvalue weighted by molar-refractivity contribution is 0.122. The number of amides is 2. The first kappa shape index (κ1) is 17.0. The zero-order chi connectivity index (χ0) is 16.7. The molecule has 0 saturated carbocycles. The summed E-state index contributed by atoms with van der Waals surface area (Å²) in [5.41, 5.74) is 0.976. The molecule has 0 spiro atoms. The smallest absolute Gasteiger partial charge is 0.317 e. The number of carbonyl (C=O) groups is 1. The van der Waals surface area contributed by atoms with E-state index in [4.69, 9.17) is 10.00 Å². The number of hydrogen-bond acceptors (Lipinski definition) is 5. The lowest BCUT2D eigenvalue weighted by Gasteiger charge is -2.29. The van der Waals surface area contributed by atoms with Crippen molar-refractivity contribution in [3.05, 3.63) is 23.9 Å². The molecule has 0 aromatic carbocycles. The number of nitriles is 1. The third kappa shape index (κ3) is 4.83. The second kappa shape index (κ2) is 8.34. The van der Waals surface area contributed by atoms with Gasteiger partial charge in [-0.2, -0.15) is 5.26 Å². The Morgan fingerprint density at radius 3 is 3.00 bits per heavy atom.